The topological polar surface area (TPSA) is 67.9 Å². The standard InChI is InChI=1S/C22H26N2O4/c1-16-15-24(12-13-28-16)22(26)18-7-9-19(10-8-18)23-21(25)11-6-17-4-3-5-20(14-17)27-2/h3-5,7-10,14,16H,6,11-13,15H2,1-2H3,(H,23,25). The van der Waals surface area contributed by atoms with Crippen LogP contribution in [0.3, 0.4) is 0 Å². The number of benzene rings is 2. The number of rotatable bonds is 6. The normalized spacial score (nSPS) is 16.5. The Labute approximate surface area is 165 Å². The number of carbonyl (C=O) groups excluding carboxylic acids is 2. The van der Waals surface area contributed by atoms with Crippen LogP contribution in [0.25, 0.3) is 0 Å². The van der Waals surface area contributed by atoms with Crippen LogP contribution < -0.4 is 10.1 Å². The molecule has 1 saturated heterocycles. The van der Waals surface area contributed by atoms with Crippen LogP contribution in [0.4, 0.5) is 5.69 Å². The molecule has 0 saturated carbocycles. The van der Waals surface area contributed by atoms with Crippen molar-refractivity contribution in [2.45, 2.75) is 25.9 Å². The first-order chi connectivity index (χ1) is 13.5. The number of anilines is 1. The Kier molecular flexibility index (Phi) is 6.66. The number of hydrogen-bond acceptors (Lipinski definition) is 4. The molecule has 1 heterocycles. The zero-order valence-corrected chi connectivity index (χ0v) is 16.3. The smallest absolute Gasteiger partial charge is 0.254 e. The molecule has 148 valence electrons. The Morgan fingerprint density at radius 2 is 2.00 bits per heavy atom. The molecule has 28 heavy (non-hydrogen) atoms. The van der Waals surface area contributed by atoms with Gasteiger partial charge in [-0.15, -0.1) is 0 Å². The van der Waals surface area contributed by atoms with E-state index in [9.17, 15) is 9.59 Å². The lowest BCUT2D eigenvalue weighted by molar-refractivity contribution is -0.116. The van der Waals surface area contributed by atoms with Gasteiger partial charge in [0.15, 0.2) is 0 Å². The van der Waals surface area contributed by atoms with Crippen LogP contribution in [0.2, 0.25) is 0 Å². The van der Waals surface area contributed by atoms with Crippen LogP contribution >= 0.6 is 0 Å². The Balaban J connectivity index is 1.52. The number of hydrogen-bond donors (Lipinski definition) is 1. The van der Waals surface area contributed by atoms with Crippen molar-refractivity contribution >= 4 is 17.5 Å². The quantitative estimate of drug-likeness (QED) is 0.834. The summed E-state index contributed by atoms with van der Waals surface area (Å²) < 4.78 is 10.7. The van der Waals surface area contributed by atoms with E-state index in [4.69, 9.17) is 9.47 Å². The van der Waals surface area contributed by atoms with E-state index in [1.54, 1.807) is 36.3 Å². The van der Waals surface area contributed by atoms with Gasteiger partial charge in [0, 0.05) is 30.8 Å². The van der Waals surface area contributed by atoms with E-state index in [-0.39, 0.29) is 17.9 Å². The molecule has 6 nitrogen and oxygen atoms in total. The van der Waals surface area contributed by atoms with Crippen LogP contribution in [0.15, 0.2) is 48.5 Å². The minimum Gasteiger partial charge on any atom is -0.497 e. The molecule has 1 atom stereocenters. The average molecular weight is 382 g/mol. The maximum Gasteiger partial charge on any atom is 0.254 e. The fourth-order valence-corrected chi connectivity index (χ4v) is 3.19. The van der Waals surface area contributed by atoms with Gasteiger partial charge in [-0.3, -0.25) is 9.59 Å². The molecule has 6 heteroatoms. The summed E-state index contributed by atoms with van der Waals surface area (Å²) in [6, 6.07) is 14.7. The molecule has 1 unspecified atom stereocenters. The lowest BCUT2D eigenvalue weighted by atomic mass is 10.1. The van der Waals surface area contributed by atoms with E-state index in [1.165, 1.54) is 0 Å². The van der Waals surface area contributed by atoms with Crippen LogP contribution in [0.1, 0.15) is 29.3 Å². The van der Waals surface area contributed by atoms with Crippen molar-refractivity contribution in [3.63, 3.8) is 0 Å². The van der Waals surface area contributed by atoms with E-state index in [2.05, 4.69) is 5.32 Å². The number of nitrogens with one attached hydrogen (secondary N) is 1. The molecule has 1 N–H and O–H groups in total. The highest BCUT2D eigenvalue weighted by Gasteiger charge is 2.22. The molecule has 0 radical (unpaired) electrons. The second kappa shape index (κ2) is 9.37. The van der Waals surface area contributed by atoms with Crippen LogP contribution in [0.5, 0.6) is 5.75 Å². The summed E-state index contributed by atoms with van der Waals surface area (Å²) in [4.78, 5) is 26.6. The highest BCUT2D eigenvalue weighted by atomic mass is 16.5. The van der Waals surface area contributed by atoms with Crippen LogP contribution in [-0.2, 0) is 16.0 Å². The second-order valence-corrected chi connectivity index (χ2v) is 6.91. The number of amides is 2. The molecular formula is C22H26N2O4. The molecule has 2 aromatic rings. The number of methoxy groups -OCH3 is 1. The highest BCUT2D eigenvalue weighted by molar-refractivity contribution is 5.96. The second-order valence-electron chi connectivity index (χ2n) is 6.91. The fourth-order valence-electron chi connectivity index (χ4n) is 3.19. The summed E-state index contributed by atoms with van der Waals surface area (Å²) in [6.45, 7) is 3.73. The van der Waals surface area contributed by atoms with Crippen molar-refractivity contribution in [2.24, 2.45) is 0 Å². The minimum atomic E-state index is -0.0658. The van der Waals surface area contributed by atoms with Crippen molar-refractivity contribution in [3.05, 3.63) is 59.7 Å². The number of ether oxygens (including phenoxy) is 2. The van der Waals surface area contributed by atoms with Gasteiger partial charge in [0.25, 0.3) is 5.91 Å². The van der Waals surface area contributed by atoms with Gasteiger partial charge >= 0.3 is 0 Å². The molecule has 0 spiro atoms. The van der Waals surface area contributed by atoms with Crippen molar-refractivity contribution in [1.29, 1.82) is 0 Å². The van der Waals surface area contributed by atoms with Crippen LogP contribution in [0, 0.1) is 0 Å². The highest BCUT2D eigenvalue weighted by Crippen LogP contribution is 2.16. The van der Waals surface area contributed by atoms with Gasteiger partial charge < -0.3 is 19.7 Å². The number of aryl methyl sites for hydroxylation is 1. The van der Waals surface area contributed by atoms with Crippen molar-refractivity contribution in [2.75, 3.05) is 32.1 Å². The van der Waals surface area contributed by atoms with Crippen molar-refractivity contribution in [3.8, 4) is 5.75 Å². The van der Waals surface area contributed by atoms with E-state index in [0.717, 1.165) is 11.3 Å². The molecule has 1 aliphatic rings. The summed E-state index contributed by atoms with van der Waals surface area (Å²) in [7, 11) is 1.62. The van der Waals surface area contributed by atoms with E-state index >= 15 is 0 Å². The number of morpholine rings is 1. The minimum absolute atomic E-state index is 0.00829. The first kappa shape index (κ1) is 19.9. The number of nitrogens with zero attached hydrogens (tertiary/aromatic N) is 1. The predicted octanol–water partition coefficient (Wildman–Crippen LogP) is 3.13. The van der Waals surface area contributed by atoms with Gasteiger partial charge in [0.2, 0.25) is 5.91 Å². The zero-order valence-electron chi connectivity index (χ0n) is 16.3. The van der Waals surface area contributed by atoms with E-state index in [0.29, 0.717) is 43.8 Å². The van der Waals surface area contributed by atoms with Gasteiger partial charge in [-0.25, -0.2) is 0 Å². The zero-order chi connectivity index (χ0) is 19.9. The fraction of sp³-hybridized carbons (Fsp3) is 0.364. The Morgan fingerprint density at radius 1 is 1.21 bits per heavy atom. The van der Waals surface area contributed by atoms with Gasteiger partial charge in [-0.05, 0) is 55.3 Å². The SMILES string of the molecule is COc1cccc(CCC(=O)Nc2ccc(C(=O)N3CCOC(C)C3)cc2)c1. The molecule has 1 aliphatic heterocycles. The van der Waals surface area contributed by atoms with E-state index in [1.807, 2.05) is 31.2 Å². The van der Waals surface area contributed by atoms with Gasteiger partial charge in [-0.2, -0.15) is 0 Å². The molecular weight excluding hydrogens is 356 g/mol. The lowest BCUT2D eigenvalue weighted by Crippen LogP contribution is -2.44. The predicted molar refractivity (Wildman–Crippen MR) is 108 cm³/mol. The molecule has 2 aromatic carbocycles. The van der Waals surface area contributed by atoms with Crippen molar-refractivity contribution < 1.29 is 19.1 Å². The molecule has 0 bridgehead atoms. The van der Waals surface area contributed by atoms with Gasteiger partial charge in [0.05, 0.1) is 19.8 Å². The Bertz CT molecular complexity index is 820. The van der Waals surface area contributed by atoms with E-state index < -0.39 is 0 Å². The first-order valence-corrected chi connectivity index (χ1v) is 9.49. The number of carbonyl (C=O) groups is 2. The third kappa shape index (κ3) is 5.33. The molecule has 2 amide bonds. The largest absolute Gasteiger partial charge is 0.497 e. The van der Waals surface area contributed by atoms with Crippen LogP contribution in [-0.4, -0.2) is 49.6 Å². The summed E-state index contributed by atoms with van der Waals surface area (Å²) in [5.41, 5.74) is 2.35. The summed E-state index contributed by atoms with van der Waals surface area (Å²) in [5.74, 6) is 0.711. The average Bonchev–Trinajstić information content (AvgIpc) is 2.72. The summed E-state index contributed by atoms with van der Waals surface area (Å²) >= 11 is 0. The monoisotopic (exact) mass is 382 g/mol. The maximum atomic E-state index is 12.6. The maximum absolute atomic E-state index is 12.6. The Hall–Kier alpha value is -2.86. The first-order valence-electron chi connectivity index (χ1n) is 9.49. The molecule has 3 rings (SSSR count). The third-order valence-corrected chi connectivity index (χ3v) is 4.72. The third-order valence-electron chi connectivity index (χ3n) is 4.72. The molecule has 0 aromatic heterocycles. The summed E-state index contributed by atoms with van der Waals surface area (Å²) in [6.07, 6.45) is 1.06. The van der Waals surface area contributed by atoms with Gasteiger partial charge in [0.1, 0.15) is 5.75 Å². The summed E-state index contributed by atoms with van der Waals surface area (Å²) in [5, 5.41) is 2.88. The molecule has 1 fully saturated rings. The molecule has 0 aliphatic carbocycles. The Morgan fingerprint density at radius 3 is 2.71 bits per heavy atom. The van der Waals surface area contributed by atoms with Crippen molar-refractivity contribution in [1.82, 2.24) is 4.90 Å². The lowest BCUT2D eigenvalue weighted by Gasteiger charge is -2.31. The van der Waals surface area contributed by atoms with Gasteiger partial charge in [-0.1, -0.05) is 12.1 Å².